The van der Waals surface area contributed by atoms with E-state index in [-0.39, 0.29) is 0 Å². The van der Waals surface area contributed by atoms with Gasteiger partial charge in [-0.15, -0.1) is 11.3 Å². The first-order valence-corrected chi connectivity index (χ1v) is 9.19. The van der Waals surface area contributed by atoms with E-state index in [0.717, 1.165) is 28.7 Å². The topological polar surface area (TPSA) is 62.2 Å². The van der Waals surface area contributed by atoms with E-state index in [4.69, 9.17) is 0 Å². The number of hydrogen-bond acceptors (Lipinski definition) is 5. The van der Waals surface area contributed by atoms with Crippen LogP contribution >= 0.6 is 23.1 Å². The van der Waals surface area contributed by atoms with Gasteiger partial charge in [-0.3, -0.25) is 4.79 Å². The van der Waals surface area contributed by atoms with Crippen LogP contribution in [0.15, 0.2) is 0 Å². The first kappa shape index (κ1) is 14.2. The maximum atomic E-state index is 11.2. The van der Waals surface area contributed by atoms with Gasteiger partial charge in [-0.2, -0.15) is 11.8 Å². The van der Waals surface area contributed by atoms with Crippen LogP contribution in [-0.4, -0.2) is 33.6 Å². The van der Waals surface area contributed by atoms with E-state index < -0.39 is 11.9 Å². The van der Waals surface area contributed by atoms with Crippen molar-refractivity contribution in [1.29, 1.82) is 0 Å². The molecule has 0 aliphatic heterocycles. The lowest BCUT2D eigenvalue weighted by Crippen LogP contribution is -2.30. The highest BCUT2D eigenvalue weighted by atomic mass is 32.2. The van der Waals surface area contributed by atoms with Crippen LogP contribution in [0.5, 0.6) is 0 Å². The predicted molar refractivity (Wildman–Crippen MR) is 84.0 cm³/mol. The first-order valence-electron chi connectivity index (χ1n) is 7.15. The molecule has 0 amide bonds. The quantitative estimate of drug-likeness (QED) is 0.873. The SMILES string of the molecule is CSC1(CNc2nc3c(s2)CCC3C(=O)O)CCCC1. The molecule has 2 aliphatic rings. The molecule has 1 unspecified atom stereocenters. The molecule has 1 heterocycles. The molecule has 1 saturated carbocycles. The van der Waals surface area contributed by atoms with Crippen molar-refractivity contribution in [1.82, 2.24) is 4.98 Å². The van der Waals surface area contributed by atoms with Crippen molar-refractivity contribution in [2.75, 3.05) is 18.1 Å². The molecule has 0 radical (unpaired) electrons. The Kier molecular flexibility index (Phi) is 3.95. The third kappa shape index (κ3) is 2.55. The minimum absolute atomic E-state index is 0.350. The molecular weight excluding hydrogens is 292 g/mol. The average molecular weight is 312 g/mol. The summed E-state index contributed by atoms with van der Waals surface area (Å²) in [5.74, 6) is -1.13. The Balaban J connectivity index is 1.68. The van der Waals surface area contributed by atoms with Crippen LogP contribution < -0.4 is 5.32 Å². The predicted octanol–water partition coefficient (Wildman–Crippen LogP) is 3.35. The zero-order valence-corrected chi connectivity index (χ0v) is 13.3. The Morgan fingerprint density at radius 1 is 1.55 bits per heavy atom. The number of carboxylic acid groups (broad SMARTS) is 1. The van der Waals surface area contributed by atoms with Gasteiger partial charge in [-0.1, -0.05) is 12.8 Å². The van der Waals surface area contributed by atoms with Crippen molar-refractivity contribution in [3.63, 3.8) is 0 Å². The number of carbonyl (C=O) groups is 1. The largest absolute Gasteiger partial charge is 0.481 e. The molecular formula is C14H20N2O2S2. The fourth-order valence-electron chi connectivity index (χ4n) is 3.25. The van der Waals surface area contributed by atoms with Gasteiger partial charge in [-0.25, -0.2) is 4.98 Å². The summed E-state index contributed by atoms with van der Waals surface area (Å²) in [6.45, 7) is 0.943. The van der Waals surface area contributed by atoms with Crippen molar-refractivity contribution in [3.8, 4) is 0 Å². The number of hydrogen-bond donors (Lipinski definition) is 2. The van der Waals surface area contributed by atoms with Crippen LogP contribution in [-0.2, 0) is 11.2 Å². The Morgan fingerprint density at radius 2 is 2.30 bits per heavy atom. The Hall–Kier alpha value is -0.750. The van der Waals surface area contributed by atoms with E-state index >= 15 is 0 Å². The molecule has 1 aromatic rings. The van der Waals surface area contributed by atoms with Gasteiger partial charge in [0.1, 0.15) is 5.92 Å². The highest BCUT2D eigenvalue weighted by molar-refractivity contribution is 8.00. The highest BCUT2D eigenvalue weighted by Gasteiger charge is 2.35. The second-order valence-electron chi connectivity index (χ2n) is 5.70. The number of thioether (sulfide) groups is 1. The van der Waals surface area contributed by atoms with Crippen molar-refractivity contribution in [2.45, 2.75) is 49.2 Å². The van der Waals surface area contributed by atoms with Gasteiger partial charge in [0.05, 0.1) is 5.69 Å². The molecule has 0 bridgehead atoms. The number of aromatic nitrogens is 1. The number of rotatable bonds is 5. The molecule has 0 spiro atoms. The van der Waals surface area contributed by atoms with Gasteiger partial charge in [0.2, 0.25) is 0 Å². The summed E-state index contributed by atoms with van der Waals surface area (Å²) in [7, 11) is 0. The van der Waals surface area contributed by atoms with Crippen LogP contribution in [0.3, 0.4) is 0 Å². The maximum absolute atomic E-state index is 11.2. The normalized spacial score (nSPS) is 23.8. The monoisotopic (exact) mass is 312 g/mol. The molecule has 6 heteroatoms. The van der Waals surface area contributed by atoms with Gasteiger partial charge in [-0.05, 0) is 31.9 Å². The van der Waals surface area contributed by atoms with E-state index in [1.807, 2.05) is 11.8 Å². The van der Waals surface area contributed by atoms with Crippen molar-refractivity contribution >= 4 is 34.2 Å². The molecule has 1 fully saturated rings. The summed E-state index contributed by atoms with van der Waals surface area (Å²) in [6, 6.07) is 0. The number of aliphatic carboxylic acids is 1. The molecule has 110 valence electrons. The number of anilines is 1. The second-order valence-corrected chi connectivity index (χ2v) is 8.06. The van der Waals surface area contributed by atoms with Gasteiger partial charge in [0.25, 0.3) is 0 Å². The Bertz CT molecular complexity index is 509. The van der Waals surface area contributed by atoms with Gasteiger partial charge in [0.15, 0.2) is 5.13 Å². The molecule has 0 aromatic carbocycles. The number of carboxylic acids is 1. The molecule has 1 atom stereocenters. The van der Waals surface area contributed by atoms with E-state index in [9.17, 15) is 9.90 Å². The zero-order chi connectivity index (χ0) is 14.2. The summed E-state index contributed by atoms with van der Waals surface area (Å²) in [5.41, 5.74) is 0.801. The highest BCUT2D eigenvalue weighted by Crippen LogP contribution is 2.42. The van der Waals surface area contributed by atoms with Crippen molar-refractivity contribution in [3.05, 3.63) is 10.6 Å². The second kappa shape index (κ2) is 5.56. The van der Waals surface area contributed by atoms with Crippen molar-refractivity contribution in [2.24, 2.45) is 0 Å². The minimum Gasteiger partial charge on any atom is -0.481 e. The number of thiazole rings is 1. The summed E-state index contributed by atoms with van der Waals surface area (Å²) in [4.78, 5) is 16.9. The molecule has 0 saturated heterocycles. The Labute approximate surface area is 127 Å². The lowest BCUT2D eigenvalue weighted by molar-refractivity contribution is -0.138. The van der Waals surface area contributed by atoms with Crippen LogP contribution in [0.25, 0.3) is 0 Å². The molecule has 20 heavy (non-hydrogen) atoms. The maximum Gasteiger partial charge on any atom is 0.312 e. The fraction of sp³-hybridized carbons (Fsp3) is 0.714. The molecule has 3 rings (SSSR count). The number of fused-ring (bicyclic) bond motifs is 1. The average Bonchev–Trinajstić information content (AvgIpc) is 3.11. The van der Waals surface area contributed by atoms with E-state index in [1.165, 1.54) is 25.7 Å². The van der Waals surface area contributed by atoms with E-state index in [0.29, 0.717) is 11.2 Å². The van der Waals surface area contributed by atoms with Crippen LogP contribution in [0.4, 0.5) is 5.13 Å². The number of aryl methyl sites for hydroxylation is 1. The standard InChI is InChI=1S/C14H20N2O2S2/c1-19-14(6-2-3-7-14)8-15-13-16-11-9(12(17)18)4-5-10(11)20-13/h9H,2-8H2,1H3,(H,15,16)(H,17,18). The molecule has 4 nitrogen and oxygen atoms in total. The van der Waals surface area contributed by atoms with Crippen LogP contribution in [0, 0.1) is 0 Å². The fourth-order valence-corrected chi connectivity index (χ4v) is 5.20. The summed E-state index contributed by atoms with van der Waals surface area (Å²) >= 11 is 3.60. The summed E-state index contributed by atoms with van der Waals surface area (Å²) < 4.78 is 0.350. The molecule has 2 aliphatic carbocycles. The van der Waals surface area contributed by atoms with Crippen LogP contribution in [0.2, 0.25) is 0 Å². The van der Waals surface area contributed by atoms with Crippen molar-refractivity contribution < 1.29 is 9.90 Å². The summed E-state index contributed by atoms with van der Waals surface area (Å²) in [5, 5.41) is 13.6. The smallest absolute Gasteiger partial charge is 0.312 e. The minimum atomic E-state index is -0.739. The summed E-state index contributed by atoms with van der Waals surface area (Å²) in [6.07, 6.45) is 8.93. The number of nitrogens with one attached hydrogen (secondary N) is 1. The first-order chi connectivity index (χ1) is 9.63. The van der Waals surface area contributed by atoms with E-state index in [2.05, 4.69) is 16.6 Å². The van der Waals surface area contributed by atoms with Gasteiger partial charge in [0, 0.05) is 16.2 Å². The van der Waals surface area contributed by atoms with Crippen LogP contribution in [0.1, 0.15) is 48.6 Å². The third-order valence-corrected chi connectivity index (χ3v) is 7.03. The number of nitrogens with zero attached hydrogens (tertiary/aromatic N) is 1. The van der Waals surface area contributed by atoms with Gasteiger partial charge >= 0.3 is 5.97 Å². The molecule has 1 aromatic heterocycles. The lowest BCUT2D eigenvalue weighted by atomic mass is 10.1. The zero-order valence-electron chi connectivity index (χ0n) is 11.6. The van der Waals surface area contributed by atoms with Gasteiger partial charge < -0.3 is 10.4 Å². The van der Waals surface area contributed by atoms with E-state index in [1.54, 1.807) is 11.3 Å². The molecule has 2 N–H and O–H groups in total. The third-order valence-electron chi connectivity index (χ3n) is 4.53. The lowest BCUT2D eigenvalue weighted by Gasteiger charge is -2.26. The Morgan fingerprint density at radius 3 is 2.95 bits per heavy atom.